The van der Waals surface area contributed by atoms with Crippen molar-refractivity contribution in [2.45, 2.75) is 19.4 Å². The molecule has 2 aromatic rings. The summed E-state index contributed by atoms with van der Waals surface area (Å²) in [6.45, 7) is 1.89. The van der Waals surface area contributed by atoms with Crippen LogP contribution in [0.1, 0.15) is 13.3 Å². The minimum Gasteiger partial charge on any atom is -0.481 e. The van der Waals surface area contributed by atoms with E-state index in [-0.39, 0.29) is 5.91 Å². The molecule has 0 heterocycles. The standard InChI is InChI=1S/C16H15Cl2NO2/c1-2-15(21-14-5-3-4-12(18)10-14)16(20)19-13-8-6-11(17)7-9-13/h3-10,15H,2H2,1H3,(H,19,20)/t15-/m1/s1. The molecule has 0 fully saturated rings. The average molecular weight is 324 g/mol. The van der Waals surface area contributed by atoms with Gasteiger partial charge >= 0.3 is 0 Å². The summed E-state index contributed by atoms with van der Waals surface area (Å²) in [6.07, 6.45) is -0.0366. The first-order valence-electron chi connectivity index (χ1n) is 6.57. The van der Waals surface area contributed by atoms with Gasteiger partial charge < -0.3 is 10.1 Å². The lowest BCUT2D eigenvalue weighted by atomic mass is 10.2. The van der Waals surface area contributed by atoms with Gasteiger partial charge in [-0.25, -0.2) is 0 Å². The first-order valence-corrected chi connectivity index (χ1v) is 7.32. The highest BCUT2D eigenvalue weighted by molar-refractivity contribution is 6.31. The number of hydrogen-bond acceptors (Lipinski definition) is 2. The third-order valence-electron chi connectivity index (χ3n) is 2.85. The molecule has 1 atom stereocenters. The Hall–Kier alpha value is -1.71. The fourth-order valence-corrected chi connectivity index (χ4v) is 2.09. The maximum Gasteiger partial charge on any atom is 0.265 e. The van der Waals surface area contributed by atoms with Crippen LogP contribution < -0.4 is 10.1 Å². The van der Waals surface area contributed by atoms with E-state index in [0.29, 0.717) is 27.9 Å². The molecule has 0 bridgehead atoms. The zero-order chi connectivity index (χ0) is 15.2. The van der Waals surface area contributed by atoms with Gasteiger partial charge in [-0.15, -0.1) is 0 Å². The second-order valence-corrected chi connectivity index (χ2v) is 5.34. The number of benzene rings is 2. The van der Waals surface area contributed by atoms with Crippen molar-refractivity contribution in [2.75, 3.05) is 5.32 Å². The average Bonchev–Trinajstić information content (AvgIpc) is 2.47. The Morgan fingerprint density at radius 1 is 1.14 bits per heavy atom. The molecular weight excluding hydrogens is 309 g/mol. The summed E-state index contributed by atoms with van der Waals surface area (Å²) in [4.78, 5) is 12.2. The van der Waals surface area contributed by atoms with Gasteiger partial charge in [0.15, 0.2) is 6.10 Å². The van der Waals surface area contributed by atoms with Crippen LogP contribution in [0.5, 0.6) is 5.75 Å². The van der Waals surface area contributed by atoms with Crippen molar-refractivity contribution in [2.24, 2.45) is 0 Å². The van der Waals surface area contributed by atoms with Gasteiger partial charge in [0.2, 0.25) is 0 Å². The van der Waals surface area contributed by atoms with E-state index in [1.807, 2.05) is 6.92 Å². The molecule has 0 spiro atoms. The van der Waals surface area contributed by atoms with Crippen molar-refractivity contribution in [3.8, 4) is 5.75 Å². The number of hydrogen-bond donors (Lipinski definition) is 1. The molecule has 0 aliphatic rings. The number of amides is 1. The summed E-state index contributed by atoms with van der Waals surface area (Å²) in [5, 5.41) is 3.99. The molecule has 0 radical (unpaired) electrons. The Kier molecular flexibility index (Phi) is 5.48. The van der Waals surface area contributed by atoms with Crippen LogP contribution in [0.2, 0.25) is 10.0 Å². The molecule has 21 heavy (non-hydrogen) atoms. The Balaban J connectivity index is 2.03. The molecule has 2 aromatic carbocycles. The molecular formula is C16H15Cl2NO2. The topological polar surface area (TPSA) is 38.3 Å². The van der Waals surface area contributed by atoms with Gasteiger partial charge in [-0.1, -0.05) is 36.2 Å². The van der Waals surface area contributed by atoms with Crippen LogP contribution in [-0.2, 0) is 4.79 Å². The number of carbonyl (C=O) groups excluding carboxylic acids is 1. The van der Waals surface area contributed by atoms with Crippen LogP contribution in [0.25, 0.3) is 0 Å². The molecule has 0 aliphatic heterocycles. The van der Waals surface area contributed by atoms with Crippen molar-refractivity contribution in [1.82, 2.24) is 0 Å². The lowest BCUT2D eigenvalue weighted by Gasteiger charge is -2.17. The number of carbonyl (C=O) groups is 1. The second-order valence-electron chi connectivity index (χ2n) is 4.47. The van der Waals surface area contributed by atoms with E-state index in [2.05, 4.69) is 5.32 Å². The Morgan fingerprint density at radius 3 is 2.48 bits per heavy atom. The third kappa shape index (κ3) is 4.66. The van der Waals surface area contributed by atoms with Gasteiger partial charge in [0.05, 0.1) is 0 Å². The number of anilines is 1. The van der Waals surface area contributed by atoms with Crippen LogP contribution in [0, 0.1) is 0 Å². The molecule has 0 saturated carbocycles. The Labute approximate surface area is 133 Å². The normalized spacial score (nSPS) is 11.8. The van der Waals surface area contributed by atoms with Gasteiger partial charge in [-0.3, -0.25) is 4.79 Å². The van der Waals surface area contributed by atoms with E-state index in [4.69, 9.17) is 27.9 Å². The van der Waals surface area contributed by atoms with Crippen molar-refractivity contribution < 1.29 is 9.53 Å². The molecule has 0 aromatic heterocycles. The minimum absolute atomic E-state index is 0.209. The van der Waals surface area contributed by atoms with Crippen molar-refractivity contribution in [3.05, 3.63) is 58.6 Å². The maximum atomic E-state index is 12.2. The Morgan fingerprint density at radius 2 is 1.86 bits per heavy atom. The van der Waals surface area contributed by atoms with E-state index < -0.39 is 6.10 Å². The van der Waals surface area contributed by atoms with Crippen molar-refractivity contribution in [1.29, 1.82) is 0 Å². The molecule has 1 amide bonds. The second kappa shape index (κ2) is 7.34. The van der Waals surface area contributed by atoms with E-state index in [0.717, 1.165) is 0 Å². The lowest BCUT2D eigenvalue weighted by Crippen LogP contribution is -2.32. The molecule has 0 unspecified atom stereocenters. The summed E-state index contributed by atoms with van der Waals surface area (Å²) in [5.41, 5.74) is 0.678. The van der Waals surface area contributed by atoms with Crippen LogP contribution in [-0.4, -0.2) is 12.0 Å². The van der Waals surface area contributed by atoms with Crippen LogP contribution in [0.15, 0.2) is 48.5 Å². The third-order valence-corrected chi connectivity index (χ3v) is 3.34. The van der Waals surface area contributed by atoms with Crippen molar-refractivity contribution >= 4 is 34.8 Å². The fourth-order valence-electron chi connectivity index (χ4n) is 1.78. The van der Waals surface area contributed by atoms with E-state index in [1.165, 1.54) is 0 Å². The highest BCUT2D eigenvalue weighted by Crippen LogP contribution is 2.20. The van der Waals surface area contributed by atoms with E-state index in [1.54, 1.807) is 48.5 Å². The van der Waals surface area contributed by atoms with E-state index in [9.17, 15) is 4.79 Å². The summed E-state index contributed by atoms with van der Waals surface area (Å²) in [6, 6.07) is 13.9. The maximum absolute atomic E-state index is 12.2. The molecule has 0 aliphatic carbocycles. The van der Waals surface area contributed by atoms with Gasteiger partial charge in [-0.2, -0.15) is 0 Å². The van der Waals surface area contributed by atoms with Gasteiger partial charge in [-0.05, 0) is 48.9 Å². The van der Waals surface area contributed by atoms with Crippen LogP contribution in [0.3, 0.4) is 0 Å². The van der Waals surface area contributed by atoms with Crippen LogP contribution >= 0.6 is 23.2 Å². The summed E-state index contributed by atoms with van der Waals surface area (Å²) in [5.74, 6) is 0.361. The summed E-state index contributed by atoms with van der Waals surface area (Å²) in [7, 11) is 0. The smallest absolute Gasteiger partial charge is 0.265 e. The van der Waals surface area contributed by atoms with Gasteiger partial charge in [0.25, 0.3) is 5.91 Å². The van der Waals surface area contributed by atoms with Crippen LogP contribution in [0.4, 0.5) is 5.69 Å². The predicted molar refractivity (Wildman–Crippen MR) is 86.2 cm³/mol. The van der Waals surface area contributed by atoms with E-state index >= 15 is 0 Å². The fraction of sp³-hybridized carbons (Fsp3) is 0.188. The highest BCUT2D eigenvalue weighted by Gasteiger charge is 2.18. The van der Waals surface area contributed by atoms with Gasteiger partial charge in [0, 0.05) is 15.7 Å². The monoisotopic (exact) mass is 323 g/mol. The first kappa shape index (κ1) is 15.7. The number of halogens is 2. The molecule has 2 rings (SSSR count). The zero-order valence-electron chi connectivity index (χ0n) is 11.5. The largest absolute Gasteiger partial charge is 0.481 e. The van der Waals surface area contributed by atoms with Crippen molar-refractivity contribution in [3.63, 3.8) is 0 Å². The first-order chi connectivity index (χ1) is 10.1. The predicted octanol–water partition coefficient (Wildman–Crippen LogP) is 4.79. The molecule has 1 N–H and O–H groups in total. The quantitative estimate of drug-likeness (QED) is 0.859. The SMILES string of the molecule is CC[C@@H](Oc1cccc(Cl)c1)C(=O)Nc1ccc(Cl)cc1. The molecule has 3 nitrogen and oxygen atoms in total. The highest BCUT2D eigenvalue weighted by atomic mass is 35.5. The van der Waals surface area contributed by atoms with Gasteiger partial charge in [0.1, 0.15) is 5.75 Å². The Bertz CT molecular complexity index is 614. The number of rotatable bonds is 5. The molecule has 0 saturated heterocycles. The lowest BCUT2D eigenvalue weighted by molar-refractivity contribution is -0.122. The number of ether oxygens (including phenoxy) is 1. The summed E-state index contributed by atoms with van der Waals surface area (Å²) >= 11 is 11.7. The number of nitrogens with one attached hydrogen (secondary N) is 1. The summed E-state index contributed by atoms with van der Waals surface area (Å²) < 4.78 is 5.68. The zero-order valence-corrected chi connectivity index (χ0v) is 13.0. The minimum atomic E-state index is -0.584. The molecule has 5 heteroatoms. The molecule has 110 valence electrons.